The quantitative estimate of drug-likeness (QED) is 0.325. The monoisotopic (exact) mass is 418 g/mol. The highest BCUT2D eigenvalue weighted by atomic mass is 19.4. The fraction of sp³-hybridized carbons (Fsp3) is 0.227. The minimum absolute atomic E-state index is 0.115. The van der Waals surface area contributed by atoms with Gasteiger partial charge in [0.1, 0.15) is 11.4 Å². The molecule has 0 atom stereocenters. The van der Waals surface area contributed by atoms with Gasteiger partial charge in [-0.3, -0.25) is 14.7 Å². The molecular weight excluding hydrogens is 400 g/mol. The molecule has 0 amide bonds. The SMILES string of the molecule is Fc1ccc(OOc2nccc3c2CCN(Cc2ccccc2)C3)c(C(F)(F)F)c1. The third kappa shape index (κ3) is 4.54. The molecule has 1 aliphatic rings. The molecule has 4 nitrogen and oxygen atoms in total. The number of rotatable bonds is 5. The molecule has 0 spiro atoms. The van der Waals surface area contributed by atoms with Crippen LogP contribution >= 0.6 is 0 Å². The first-order valence-corrected chi connectivity index (χ1v) is 9.34. The highest BCUT2D eigenvalue weighted by Gasteiger charge is 2.35. The molecular formula is C22H18F4N2O2. The van der Waals surface area contributed by atoms with E-state index in [2.05, 4.69) is 22.0 Å². The molecule has 0 bridgehead atoms. The van der Waals surface area contributed by atoms with Crippen molar-refractivity contribution < 1.29 is 27.3 Å². The summed E-state index contributed by atoms with van der Waals surface area (Å²) in [4.78, 5) is 16.5. The molecule has 2 aromatic carbocycles. The van der Waals surface area contributed by atoms with E-state index in [1.807, 2.05) is 24.3 Å². The third-order valence-electron chi connectivity index (χ3n) is 4.89. The number of benzene rings is 2. The van der Waals surface area contributed by atoms with Crippen molar-refractivity contribution >= 4 is 0 Å². The molecule has 30 heavy (non-hydrogen) atoms. The number of aromatic nitrogens is 1. The van der Waals surface area contributed by atoms with Gasteiger partial charge in [0, 0.05) is 31.4 Å². The average molecular weight is 418 g/mol. The van der Waals surface area contributed by atoms with Crippen molar-refractivity contribution in [2.45, 2.75) is 25.7 Å². The van der Waals surface area contributed by atoms with E-state index >= 15 is 0 Å². The zero-order valence-electron chi connectivity index (χ0n) is 15.8. The smallest absolute Gasteiger partial charge is 0.294 e. The predicted molar refractivity (Wildman–Crippen MR) is 101 cm³/mol. The minimum atomic E-state index is -4.78. The van der Waals surface area contributed by atoms with Crippen LogP contribution in [0.25, 0.3) is 0 Å². The van der Waals surface area contributed by atoms with Crippen LogP contribution in [0.15, 0.2) is 60.8 Å². The van der Waals surface area contributed by atoms with E-state index < -0.39 is 23.3 Å². The summed E-state index contributed by atoms with van der Waals surface area (Å²) in [5, 5.41) is 0. The molecule has 0 aliphatic carbocycles. The standard InChI is InChI=1S/C22H18F4N2O2/c23-17-6-7-20(19(12-17)22(24,25)26)29-30-21-18-9-11-28(14-16(18)8-10-27-21)13-15-4-2-1-3-5-15/h1-8,10,12H,9,11,13-14H2. The van der Waals surface area contributed by atoms with Crippen LogP contribution in [0.2, 0.25) is 0 Å². The van der Waals surface area contributed by atoms with Crippen LogP contribution in [0.1, 0.15) is 22.3 Å². The second-order valence-corrected chi connectivity index (χ2v) is 7.00. The van der Waals surface area contributed by atoms with E-state index in [1.165, 1.54) is 11.8 Å². The van der Waals surface area contributed by atoms with Crippen molar-refractivity contribution in [2.75, 3.05) is 6.54 Å². The Bertz CT molecular complexity index is 1030. The molecule has 0 fully saturated rings. The van der Waals surface area contributed by atoms with Gasteiger partial charge in [-0.15, -0.1) is 0 Å². The first kappa shape index (κ1) is 20.2. The van der Waals surface area contributed by atoms with Gasteiger partial charge in [0.05, 0.1) is 0 Å². The summed E-state index contributed by atoms with van der Waals surface area (Å²) in [7, 11) is 0. The summed E-state index contributed by atoms with van der Waals surface area (Å²) in [6.45, 7) is 2.20. The third-order valence-corrected chi connectivity index (χ3v) is 4.89. The van der Waals surface area contributed by atoms with Crippen molar-refractivity contribution in [2.24, 2.45) is 0 Å². The number of hydrogen-bond donors (Lipinski definition) is 0. The summed E-state index contributed by atoms with van der Waals surface area (Å²) < 4.78 is 52.6. The molecule has 1 aromatic heterocycles. The van der Waals surface area contributed by atoms with Crippen LogP contribution in [0.4, 0.5) is 17.6 Å². The number of alkyl halides is 3. The molecule has 2 heterocycles. The lowest BCUT2D eigenvalue weighted by atomic mass is 10.0. The molecule has 8 heteroatoms. The maximum absolute atomic E-state index is 13.2. The van der Waals surface area contributed by atoms with Gasteiger partial charge in [0.25, 0.3) is 5.88 Å². The molecule has 156 valence electrons. The van der Waals surface area contributed by atoms with Crippen LogP contribution in [0, 0.1) is 5.82 Å². The lowest BCUT2D eigenvalue weighted by Gasteiger charge is -2.29. The van der Waals surface area contributed by atoms with Crippen molar-refractivity contribution in [3.63, 3.8) is 0 Å². The zero-order valence-corrected chi connectivity index (χ0v) is 15.8. The van der Waals surface area contributed by atoms with Gasteiger partial charge in [-0.2, -0.15) is 13.2 Å². The van der Waals surface area contributed by atoms with E-state index in [1.54, 1.807) is 0 Å². The van der Waals surface area contributed by atoms with Crippen molar-refractivity contribution in [3.8, 4) is 11.6 Å². The summed E-state index contributed by atoms with van der Waals surface area (Å²) >= 11 is 0. The molecule has 3 aromatic rings. The van der Waals surface area contributed by atoms with Crippen LogP contribution < -0.4 is 9.78 Å². The predicted octanol–water partition coefficient (Wildman–Crippen LogP) is 5.17. The highest BCUT2D eigenvalue weighted by molar-refractivity contribution is 5.38. The van der Waals surface area contributed by atoms with Gasteiger partial charge in [-0.25, -0.2) is 9.37 Å². The molecule has 0 saturated carbocycles. The van der Waals surface area contributed by atoms with E-state index in [0.29, 0.717) is 19.0 Å². The van der Waals surface area contributed by atoms with Gasteiger partial charge in [-0.05, 0) is 41.8 Å². The maximum atomic E-state index is 13.2. The van der Waals surface area contributed by atoms with E-state index in [-0.39, 0.29) is 5.88 Å². The molecule has 0 N–H and O–H groups in total. The lowest BCUT2D eigenvalue weighted by Crippen LogP contribution is -2.30. The fourth-order valence-electron chi connectivity index (χ4n) is 3.45. The molecule has 1 aliphatic heterocycles. The second kappa shape index (κ2) is 8.31. The first-order valence-electron chi connectivity index (χ1n) is 9.34. The summed E-state index contributed by atoms with van der Waals surface area (Å²) in [5.74, 6) is -1.52. The molecule has 0 saturated heterocycles. The number of halogens is 4. The maximum Gasteiger partial charge on any atom is 0.420 e. The Hall–Kier alpha value is -3.13. The Morgan fingerprint density at radius 1 is 1.00 bits per heavy atom. The van der Waals surface area contributed by atoms with Crippen molar-refractivity contribution in [1.29, 1.82) is 0 Å². The van der Waals surface area contributed by atoms with E-state index in [9.17, 15) is 17.6 Å². The van der Waals surface area contributed by atoms with Gasteiger partial charge in [0.15, 0.2) is 5.75 Å². The largest absolute Gasteiger partial charge is 0.420 e. The van der Waals surface area contributed by atoms with Gasteiger partial charge >= 0.3 is 6.18 Å². The van der Waals surface area contributed by atoms with Gasteiger partial charge < -0.3 is 0 Å². The minimum Gasteiger partial charge on any atom is -0.294 e. The normalized spacial score (nSPS) is 14.3. The number of nitrogens with zero attached hydrogens (tertiary/aromatic N) is 2. The Morgan fingerprint density at radius 2 is 1.80 bits per heavy atom. The molecule has 0 radical (unpaired) electrons. The lowest BCUT2D eigenvalue weighted by molar-refractivity contribution is -0.151. The van der Waals surface area contributed by atoms with Crippen molar-refractivity contribution in [3.05, 3.63) is 88.9 Å². The van der Waals surface area contributed by atoms with Gasteiger partial charge in [0.2, 0.25) is 0 Å². The Morgan fingerprint density at radius 3 is 2.57 bits per heavy atom. The zero-order chi connectivity index (χ0) is 21.1. The fourth-order valence-corrected chi connectivity index (χ4v) is 3.45. The average Bonchev–Trinajstić information content (AvgIpc) is 2.72. The van der Waals surface area contributed by atoms with Crippen LogP contribution in [0.3, 0.4) is 0 Å². The molecule has 0 unspecified atom stereocenters. The number of fused-ring (bicyclic) bond motifs is 1. The number of hydrogen-bond acceptors (Lipinski definition) is 4. The highest BCUT2D eigenvalue weighted by Crippen LogP contribution is 2.37. The summed E-state index contributed by atoms with van der Waals surface area (Å²) in [6, 6.07) is 14.1. The van der Waals surface area contributed by atoms with Crippen LogP contribution in [0.5, 0.6) is 11.6 Å². The number of pyridine rings is 1. The van der Waals surface area contributed by atoms with E-state index in [0.717, 1.165) is 36.3 Å². The Balaban J connectivity index is 1.49. The summed E-state index contributed by atoms with van der Waals surface area (Å²) in [5.41, 5.74) is 1.71. The Kier molecular flexibility index (Phi) is 5.59. The van der Waals surface area contributed by atoms with Crippen LogP contribution in [-0.4, -0.2) is 16.4 Å². The Labute approximate surface area is 170 Å². The van der Waals surface area contributed by atoms with Crippen LogP contribution in [-0.2, 0) is 25.7 Å². The topological polar surface area (TPSA) is 34.6 Å². The molecule has 4 rings (SSSR count). The summed E-state index contributed by atoms with van der Waals surface area (Å²) in [6.07, 6.45) is -2.63. The van der Waals surface area contributed by atoms with Crippen molar-refractivity contribution in [1.82, 2.24) is 9.88 Å². The second-order valence-electron chi connectivity index (χ2n) is 7.00. The van der Waals surface area contributed by atoms with E-state index in [4.69, 9.17) is 9.78 Å². The first-order chi connectivity index (χ1) is 14.4. The van der Waals surface area contributed by atoms with Gasteiger partial charge in [-0.1, -0.05) is 30.3 Å².